The van der Waals surface area contributed by atoms with Gasteiger partial charge in [0, 0.05) is 24.0 Å². The number of nitrogens with zero attached hydrogens (tertiary/aromatic N) is 1. The van der Waals surface area contributed by atoms with E-state index in [1.54, 1.807) is 24.0 Å². The topological polar surface area (TPSA) is 112 Å². The maximum atomic E-state index is 12.4. The summed E-state index contributed by atoms with van der Waals surface area (Å²) in [4.78, 5) is 28.8. The summed E-state index contributed by atoms with van der Waals surface area (Å²) in [6, 6.07) is 6.67. The molecule has 0 aliphatic carbocycles. The summed E-state index contributed by atoms with van der Waals surface area (Å²) in [6.45, 7) is -0.314. The van der Waals surface area contributed by atoms with Gasteiger partial charge in [-0.2, -0.15) is 0 Å². The third-order valence-electron chi connectivity index (χ3n) is 4.87. The van der Waals surface area contributed by atoms with Crippen LogP contribution in [-0.4, -0.2) is 51.8 Å². The van der Waals surface area contributed by atoms with Crippen LogP contribution in [0.1, 0.15) is 21.6 Å². The van der Waals surface area contributed by atoms with Crippen LogP contribution >= 0.6 is 0 Å². The van der Waals surface area contributed by atoms with Crippen LogP contribution in [0.5, 0.6) is 11.5 Å². The highest BCUT2D eigenvalue weighted by molar-refractivity contribution is 6.58. The van der Waals surface area contributed by atoms with Gasteiger partial charge in [-0.25, -0.2) is 0 Å². The molecule has 27 heavy (non-hydrogen) atoms. The molecule has 0 bridgehead atoms. The highest BCUT2D eigenvalue weighted by Gasteiger charge is 2.34. The van der Waals surface area contributed by atoms with Gasteiger partial charge < -0.3 is 29.3 Å². The van der Waals surface area contributed by atoms with Gasteiger partial charge in [0.2, 0.25) is 0 Å². The highest BCUT2D eigenvalue weighted by Crippen LogP contribution is 2.33. The van der Waals surface area contributed by atoms with Crippen molar-refractivity contribution in [1.29, 1.82) is 0 Å². The molecular weight excluding hydrogens is 351 g/mol. The lowest BCUT2D eigenvalue weighted by Crippen LogP contribution is -2.56. The van der Waals surface area contributed by atoms with Crippen molar-refractivity contribution in [3.63, 3.8) is 0 Å². The van der Waals surface area contributed by atoms with Gasteiger partial charge >= 0.3 is 6.75 Å². The number of hydrogen-bond acceptors (Lipinski definition) is 6. The van der Waals surface area contributed by atoms with Gasteiger partial charge in [-0.1, -0.05) is 12.4 Å². The van der Waals surface area contributed by atoms with E-state index >= 15 is 0 Å². The highest BCUT2D eigenvalue weighted by atomic mass is 16.6. The SMILES string of the molecule is Cc1cc(=O)c(C(=O)N2CC(Oc3ccc4c(c3)O[B-](O)(O)CC4)C2)c[nH]1. The van der Waals surface area contributed by atoms with E-state index in [0.717, 1.165) is 5.56 Å². The molecule has 0 saturated carbocycles. The first kappa shape index (κ1) is 17.6. The van der Waals surface area contributed by atoms with E-state index in [-0.39, 0.29) is 29.3 Å². The van der Waals surface area contributed by atoms with E-state index in [4.69, 9.17) is 9.39 Å². The fourth-order valence-electron chi connectivity index (χ4n) is 3.31. The quantitative estimate of drug-likeness (QED) is 0.676. The van der Waals surface area contributed by atoms with Crippen molar-refractivity contribution in [3.8, 4) is 11.5 Å². The van der Waals surface area contributed by atoms with Gasteiger partial charge in [-0.15, -0.1) is 0 Å². The van der Waals surface area contributed by atoms with Crippen LogP contribution in [0.3, 0.4) is 0 Å². The lowest BCUT2D eigenvalue weighted by Gasteiger charge is -2.39. The molecule has 0 spiro atoms. The van der Waals surface area contributed by atoms with Gasteiger partial charge in [0.25, 0.3) is 5.91 Å². The second kappa shape index (κ2) is 6.43. The first-order chi connectivity index (χ1) is 12.8. The first-order valence-corrected chi connectivity index (χ1v) is 8.88. The molecule has 0 radical (unpaired) electrons. The van der Waals surface area contributed by atoms with Gasteiger partial charge in [0.1, 0.15) is 17.4 Å². The molecule has 0 atom stereocenters. The number of aromatic amines is 1. The van der Waals surface area contributed by atoms with E-state index in [0.29, 0.717) is 36.7 Å². The van der Waals surface area contributed by atoms with Crippen molar-refractivity contribution in [1.82, 2.24) is 9.88 Å². The number of likely N-dealkylation sites (tertiary alicyclic amines) is 1. The number of fused-ring (bicyclic) bond motifs is 1. The fraction of sp³-hybridized carbons (Fsp3) is 0.333. The molecule has 1 amide bonds. The smallest absolute Gasteiger partial charge is 0.430 e. The van der Waals surface area contributed by atoms with Crippen LogP contribution in [0.15, 0.2) is 35.3 Å². The van der Waals surface area contributed by atoms with Crippen LogP contribution in [0.4, 0.5) is 0 Å². The Morgan fingerprint density at radius 3 is 2.85 bits per heavy atom. The summed E-state index contributed by atoms with van der Waals surface area (Å²) in [5.74, 6) is 0.618. The Morgan fingerprint density at radius 1 is 1.33 bits per heavy atom. The molecular formula is C18H20BN2O6-. The maximum absolute atomic E-state index is 12.4. The zero-order chi connectivity index (χ0) is 19.2. The second-order valence-corrected chi connectivity index (χ2v) is 7.13. The Labute approximate surface area is 155 Å². The molecule has 2 aromatic rings. The standard InChI is InChI=1S/C18H20BN2O6/c1-11-6-16(22)15(8-20-11)18(23)21-9-14(10-21)26-13-3-2-12-4-5-19(24,25)27-17(12)7-13/h2-3,6-8,14,24-25H,4-5,9-10H2,1H3,(H,20,22)/q-1. The van der Waals surface area contributed by atoms with Crippen molar-refractivity contribution < 1.29 is 24.2 Å². The van der Waals surface area contributed by atoms with Crippen LogP contribution in [0.2, 0.25) is 6.32 Å². The van der Waals surface area contributed by atoms with Gasteiger partial charge in [0.05, 0.1) is 18.8 Å². The predicted octanol–water partition coefficient (Wildman–Crippen LogP) is 0.445. The maximum Gasteiger partial charge on any atom is 0.430 e. The molecule has 1 fully saturated rings. The number of carbonyl (C=O) groups is 1. The molecule has 9 heteroatoms. The number of hydrogen-bond donors (Lipinski definition) is 3. The minimum Gasteiger partial charge on any atom is -0.670 e. The molecule has 3 heterocycles. The lowest BCUT2D eigenvalue weighted by atomic mass is 9.70. The van der Waals surface area contributed by atoms with Crippen molar-refractivity contribution in [2.75, 3.05) is 13.1 Å². The average molecular weight is 371 g/mol. The normalized spacial score (nSPS) is 18.3. The number of pyridine rings is 1. The number of aromatic nitrogens is 1. The zero-order valence-corrected chi connectivity index (χ0v) is 14.8. The number of nitrogens with one attached hydrogen (secondary N) is 1. The van der Waals surface area contributed by atoms with Crippen LogP contribution in [0.25, 0.3) is 0 Å². The Balaban J connectivity index is 1.38. The number of benzene rings is 1. The number of amides is 1. The van der Waals surface area contributed by atoms with Gasteiger partial charge in [-0.3, -0.25) is 9.59 Å². The Morgan fingerprint density at radius 2 is 2.11 bits per heavy atom. The minimum atomic E-state index is -2.81. The third-order valence-corrected chi connectivity index (χ3v) is 4.87. The van der Waals surface area contributed by atoms with Crippen molar-refractivity contribution in [2.45, 2.75) is 25.8 Å². The molecule has 2 aliphatic heterocycles. The Bertz CT molecular complexity index is 951. The summed E-state index contributed by atoms with van der Waals surface area (Å²) in [5.41, 5.74) is 1.41. The summed E-state index contributed by atoms with van der Waals surface area (Å²) < 4.78 is 11.1. The molecule has 3 N–H and O–H groups in total. The molecule has 0 unspecified atom stereocenters. The van der Waals surface area contributed by atoms with Crippen molar-refractivity contribution in [2.24, 2.45) is 0 Å². The molecule has 2 aliphatic rings. The van der Waals surface area contributed by atoms with Crippen molar-refractivity contribution in [3.05, 3.63) is 57.5 Å². The minimum absolute atomic E-state index is 0.116. The van der Waals surface area contributed by atoms with Crippen LogP contribution in [0, 0.1) is 6.92 Å². The van der Waals surface area contributed by atoms with Gasteiger partial charge in [-0.05, 0) is 25.0 Å². The summed E-state index contributed by atoms with van der Waals surface area (Å²) in [6.07, 6.45) is 1.94. The molecule has 4 rings (SSSR count). The Kier molecular flexibility index (Phi) is 4.20. The van der Waals surface area contributed by atoms with E-state index in [9.17, 15) is 19.6 Å². The largest absolute Gasteiger partial charge is 0.670 e. The predicted molar refractivity (Wildman–Crippen MR) is 97.9 cm³/mol. The number of H-pyrrole nitrogens is 1. The number of aryl methyl sites for hydroxylation is 2. The average Bonchev–Trinajstić information content (AvgIpc) is 2.56. The zero-order valence-electron chi connectivity index (χ0n) is 14.8. The van der Waals surface area contributed by atoms with Gasteiger partial charge in [0.15, 0.2) is 5.43 Å². The number of ether oxygens (including phenoxy) is 1. The summed E-state index contributed by atoms with van der Waals surface area (Å²) in [5, 5.41) is 19.4. The van der Waals surface area contributed by atoms with Crippen LogP contribution in [-0.2, 0) is 6.42 Å². The monoisotopic (exact) mass is 371 g/mol. The first-order valence-electron chi connectivity index (χ1n) is 8.88. The number of rotatable bonds is 3. The summed E-state index contributed by atoms with van der Waals surface area (Å²) >= 11 is 0. The van der Waals surface area contributed by atoms with Crippen LogP contribution < -0.4 is 14.8 Å². The Hall–Kier alpha value is -2.78. The van der Waals surface area contributed by atoms with E-state index in [2.05, 4.69) is 4.98 Å². The van der Waals surface area contributed by atoms with Crippen molar-refractivity contribution >= 4 is 12.7 Å². The fourth-order valence-corrected chi connectivity index (χ4v) is 3.31. The summed E-state index contributed by atoms with van der Waals surface area (Å²) in [7, 11) is 0. The van der Waals surface area contributed by atoms with E-state index in [1.165, 1.54) is 12.3 Å². The third kappa shape index (κ3) is 3.56. The van der Waals surface area contributed by atoms with E-state index < -0.39 is 6.75 Å². The number of carbonyl (C=O) groups excluding carboxylic acids is 1. The molecule has 1 aromatic carbocycles. The lowest BCUT2D eigenvalue weighted by molar-refractivity contribution is 0.0175. The molecule has 8 nitrogen and oxygen atoms in total. The molecule has 142 valence electrons. The molecule has 1 saturated heterocycles. The second-order valence-electron chi connectivity index (χ2n) is 7.13. The molecule has 1 aromatic heterocycles. The van der Waals surface area contributed by atoms with E-state index in [1.807, 2.05) is 6.07 Å².